The van der Waals surface area contributed by atoms with Gasteiger partial charge in [0, 0.05) is 6.42 Å². The summed E-state index contributed by atoms with van der Waals surface area (Å²) in [5, 5.41) is -7.09. The molecule has 1 rings (SSSR count). The summed E-state index contributed by atoms with van der Waals surface area (Å²) in [6.07, 6.45) is 4.42. The van der Waals surface area contributed by atoms with Crippen LogP contribution in [0.5, 0.6) is 0 Å². The molecule has 1 fully saturated rings. The van der Waals surface area contributed by atoms with Crippen molar-refractivity contribution in [3.05, 3.63) is 0 Å². The van der Waals surface area contributed by atoms with Crippen molar-refractivity contribution < 1.29 is 92.4 Å². The average Bonchev–Trinajstić information content (AvgIpc) is 2.86. The average molecular weight is 729 g/mol. The highest BCUT2D eigenvalue weighted by Crippen LogP contribution is 2.64. The maximum atomic E-state index is 13.0. The van der Waals surface area contributed by atoms with Crippen LogP contribution >= 0.6 is 0 Å². The molecule has 0 aromatic rings. The van der Waals surface area contributed by atoms with Crippen LogP contribution in [0.3, 0.4) is 0 Å². The highest BCUT2D eigenvalue weighted by molar-refractivity contribution is 7.97. The molecule has 0 aliphatic heterocycles. The van der Waals surface area contributed by atoms with Crippen LogP contribution in [0.15, 0.2) is 0 Å². The van der Waals surface area contributed by atoms with Crippen molar-refractivity contribution in [1.82, 2.24) is 0 Å². The molecule has 1 saturated carbocycles. The number of halogens is 17. The second-order valence-corrected chi connectivity index (χ2v) is 13.4. The first-order chi connectivity index (χ1) is 19.2. The molecule has 0 amide bonds. The lowest BCUT2D eigenvalue weighted by Crippen LogP contribution is -2.75. The van der Waals surface area contributed by atoms with Crippen LogP contribution in [0.2, 0.25) is 0 Å². The van der Waals surface area contributed by atoms with Gasteiger partial charge in [-0.1, -0.05) is 19.8 Å². The fourth-order valence-corrected chi connectivity index (χ4v) is 6.06. The van der Waals surface area contributed by atoms with Gasteiger partial charge in [-0.3, -0.25) is 4.79 Å². The topological polar surface area (TPSA) is 74.3 Å². The summed E-state index contributed by atoms with van der Waals surface area (Å²) in [7, 11) is -7.78. The Labute approximate surface area is 242 Å². The van der Waals surface area contributed by atoms with Crippen molar-refractivity contribution in [3.8, 4) is 0 Å². The Bertz CT molecular complexity index is 1070. The molecule has 0 aromatic carbocycles. The Hall–Kier alpha value is -1.26. The Morgan fingerprint density at radius 1 is 0.682 bits per heavy atom. The number of hydrogen-bond acceptors (Lipinski definition) is 4. The molecule has 23 heteroatoms. The van der Waals surface area contributed by atoms with Crippen LogP contribution in [-0.4, -0.2) is 83.0 Å². The Morgan fingerprint density at radius 3 is 1.39 bits per heavy atom. The maximum Gasteiger partial charge on any atom is 0.460 e. The second kappa shape index (κ2) is 13.8. The zero-order valence-electron chi connectivity index (χ0n) is 22.3. The minimum absolute atomic E-state index is 0.360. The second-order valence-electron chi connectivity index (χ2n) is 9.65. The minimum Gasteiger partial charge on any atom is -0.743 e. The molecule has 0 saturated heterocycles. The molecule has 0 aromatic heterocycles. The number of carbonyl (C=O) groups excluding carboxylic acids is 1. The third-order valence-corrected chi connectivity index (χ3v) is 9.60. The van der Waals surface area contributed by atoms with Gasteiger partial charge in [-0.2, -0.15) is 74.6 Å². The van der Waals surface area contributed by atoms with Crippen LogP contribution in [0.25, 0.3) is 0 Å². The summed E-state index contributed by atoms with van der Waals surface area (Å²) in [5.41, 5.74) is 0. The quantitative estimate of drug-likeness (QED) is 0.110. The molecular weight excluding hydrogens is 703 g/mol. The first kappa shape index (κ1) is 42.7. The standard InChI is InChI=1S/C13H25OS.C8HF17O3S/c1-3-4-8-12(14)11-15(2)13-9-6-5-7-10-13;9-1(10,3(13,14)5(17,18)7(21,22)23)2(11,12)4(15,16)6(19,20)8(24,25)29(26,27)28/h13H,3-11H2,1-2H3;(H,26,27,28)/q+1;/p-1. The van der Waals surface area contributed by atoms with E-state index in [1.807, 2.05) is 0 Å². The van der Waals surface area contributed by atoms with E-state index in [1.54, 1.807) is 0 Å². The fourth-order valence-electron chi connectivity index (χ4n) is 3.59. The van der Waals surface area contributed by atoms with E-state index < -0.39 is 57.1 Å². The van der Waals surface area contributed by atoms with E-state index in [-0.39, 0.29) is 0 Å². The van der Waals surface area contributed by atoms with Gasteiger partial charge in [0.05, 0.1) is 6.26 Å². The molecule has 0 spiro atoms. The smallest absolute Gasteiger partial charge is 0.460 e. The molecule has 1 aliphatic rings. The van der Waals surface area contributed by atoms with Crippen LogP contribution in [-0.2, 0) is 25.8 Å². The van der Waals surface area contributed by atoms with Gasteiger partial charge in [0.25, 0.3) is 0 Å². The number of alkyl halides is 17. The van der Waals surface area contributed by atoms with Gasteiger partial charge in [-0.05, 0) is 43.0 Å². The molecular formula is C21H25F17O4S2. The molecule has 4 nitrogen and oxygen atoms in total. The number of Topliss-reactive ketones (excluding diaryl/α,β-unsaturated/α-hetero) is 1. The van der Waals surface area contributed by atoms with Crippen molar-refractivity contribution in [1.29, 1.82) is 0 Å². The van der Waals surface area contributed by atoms with Crippen LogP contribution in [0.1, 0.15) is 58.3 Å². The lowest BCUT2D eigenvalue weighted by Gasteiger charge is -2.42. The third-order valence-electron chi connectivity index (χ3n) is 6.33. The number of carbonyl (C=O) groups is 1. The van der Waals surface area contributed by atoms with Gasteiger partial charge in [0.15, 0.2) is 21.7 Å². The van der Waals surface area contributed by atoms with Crippen LogP contribution < -0.4 is 0 Å². The first-order valence-electron chi connectivity index (χ1n) is 12.0. The zero-order valence-corrected chi connectivity index (χ0v) is 23.9. The lowest BCUT2D eigenvalue weighted by molar-refractivity contribution is -0.458. The van der Waals surface area contributed by atoms with E-state index in [2.05, 4.69) is 13.2 Å². The predicted octanol–water partition coefficient (Wildman–Crippen LogP) is 7.83. The molecule has 264 valence electrons. The van der Waals surface area contributed by atoms with E-state index in [0.717, 1.165) is 30.3 Å². The van der Waals surface area contributed by atoms with Gasteiger partial charge < -0.3 is 4.55 Å². The van der Waals surface area contributed by atoms with Crippen molar-refractivity contribution in [3.63, 3.8) is 0 Å². The maximum absolute atomic E-state index is 13.0. The molecule has 1 atom stereocenters. The zero-order chi connectivity index (χ0) is 35.6. The molecule has 1 unspecified atom stereocenters. The van der Waals surface area contributed by atoms with Gasteiger partial charge in [-0.25, -0.2) is 8.42 Å². The highest BCUT2D eigenvalue weighted by Gasteiger charge is 2.95. The minimum atomic E-state index is -8.92. The fraction of sp³-hybridized carbons (Fsp3) is 0.952. The summed E-state index contributed by atoms with van der Waals surface area (Å²) < 4.78 is 244. The van der Waals surface area contributed by atoms with E-state index in [4.69, 9.17) is 0 Å². The van der Waals surface area contributed by atoms with Gasteiger partial charge >= 0.3 is 47.0 Å². The van der Waals surface area contributed by atoms with Crippen molar-refractivity contribution in [2.75, 3.05) is 12.0 Å². The Balaban J connectivity index is 0.00000103. The summed E-state index contributed by atoms with van der Waals surface area (Å²) in [6, 6.07) is 0. The van der Waals surface area contributed by atoms with E-state index >= 15 is 0 Å². The molecule has 0 heterocycles. The first-order valence-corrected chi connectivity index (χ1v) is 15.3. The van der Waals surface area contributed by atoms with Crippen molar-refractivity contribution in [2.45, 2.75) is 111 Å². The molecule has 0 N–H and O–H groups in total. The third kappa shape index (κ3) is 7.81. The number of ketones is 1. The molecule has 44 heavy (non-hydrogen) atoms. The van der Waals surface area contributed by atoms with Crippen LogP contribution in [0, 0.1) is 0 Å². The normalized spacial score (nSPS) is 18.0. The predicted molar refractivity (Wildman–Crippen MR) is 120 cm³/mol. The van der Waals surface area contributed by atoms with E-state index in [9.17, 15) is 92.4 Å². The van der Waals surface area contributed by atoms with Gasteiger partial charge in [0.1, 0.15) is 5.25 Å². The summed E-state index contributed by atoms with van der Waals surface area (Å²) >= 11 is 0. The van der Waals surface area contributed by atoms with Gasteiger partial charge in [-0.15, -0.1) is 0 Å². The molecule has 1 aliphatic carbocycles. The molecule has 0 bridgehead atoms. The molecule has 0 radical (unpaired) electrons. The number of unbranched alkanes of at least 4 members (excludes halogenated alkanes) is 1. The Kier molecular flexibility index (Phi) is 13.4. The SMILES string of the molecule is CCCCC(=O)C[S+](C)C1CCCCC1.O=S(=O)([O-])C(F)(F)C(F)(F)C(F)(F)C(F)(F)C(F)(F)C(F)(F)C(F)(F)C(F)(F)F. The van der Waals surface area contributed by atoms with Crippen molar-refractivity contribution >= 4 is 26.8 Å². The summed E-state index contributed by atoms with van der Waals surface area (Å²) in [5.74, 6) is -50.8. The monoisotopic (exact) mass is 728 g/mol. The van der Waals surface area contributed by atoms with Gasteiger partial charge in [0.2, 0.25) is 0 Å². The van der Waals surface area contributed by atoms with E-state index in [0.29, 0.717) is 16.7 Å². The summed E-state index contributed by atoms with van der Waals surface area (Å²) in [4.78, 5) is 11.7. The van der Waals surface area contributed by atoms with Crippen LogP contribution in [0.4, 0.5) is 74.6 Å². The lowest BCUT2D eigenvalue weighted by atomic mass is 9.91. The Morgan fingerprint density at radius 2 is 1.05 bits per heavy atom. The number of hydrogen-bond donors (Lipinski definition) is 0. The largest absolute Gasteiger partial charge is 0.743 e. The summed E-state index contributed by atoms with van der Waals surface area (Å²) in [6.45, 7) is 2.15. The van der Waals surface area contributed by atoms with E-state index in [1.165, 1.54) is 32.1 Å². The highest BCUT2D eigenvalue weighted by atomic mass is 32.2. The number of rotatable bonds is 13. The van der Waals surface area contributed by atoms with Crippen molar-refractivity contribution in [2.24, 2.45) is 0 Å².